The summed E-state index contributed by atoms with van der Waals surface area (Å²) in [4.78, 5) is 13.4. The Balaban J connectivity index is 2.01. The average molecular weight is 179 g/mol. The second kappa shape index (κ2) is 2.28. The minimum Gasteiger partial charge on any atom is -0.439 e. The minimum absolute atomic E-state index is 0.0231. The topological polar surface area (TPSA) is 29.5 Å². The molecule has 3 aliphatic rings. The molecule has 1 spiro atoms. The van der Waals surface area contributed by atoms with Crippen molar-refractivity contribution in [3.63, 3.8) is 0 Å². The molecule has 3 heteroatoms. The molecule has 1 aliphatic carbocycles. The van der Waals surface area contributed by atoms with Gasteiger partial charge in [0.15, 0.2) is 0 Å². The van der Waals surface area contributed by atoms with Crippen LogP contribution in [0.2, 0.25) is 0 Å². The van der Waals surface area contributed by atoms with E-state index >= 15 is 0 Å². The molecule has 13 heavy (non-hydrogen) atoms. The van der Waals surface area contributed by atoms with Crippen LogP contribution in [-0.2, 0) is 4.74 Å². The Morgan fingerprint density at radius 1 is 1.54 bits per heavy atom. The molecule has 0 aromatic heterocycles. The van der Waals surface area contributed by atoms with Gasteiger partial charge >= 0.3 is 6.09 Å². The quantitative estimate of drug-likeness (QED) is 0.529. The standard InChI is InChI=1S/C10H13NO2/c12-9-11-7-2-1-5-10(11)6-3-4-8(10)13-9/h3-4,8H,1-2,5-7H2/t8-,10+/m0/s1. The molecule has 0 N–H and O–H groups in total. The highest BCUT2D eigenvalue weighted by molar-refractivity contribution is 5.73. The number of hydrogen-bond acceptors (Lipinski definition) is 2. The molecule has 0 bridgehead atoms. The maximum absolute atomic E-state index is 11.5. The van der Waals surface area contributed by atoms with Crippen LogP contribution in [0.5, 0.6) is 0 Å². The van der Waals surface area contributed by atoms with Gasteiger partial charge in [-0.15, -0.1) is 0 Å². The number of ether oxygens (including phenoxy) is 1. The van der Waals surface area contributed by atoms with Crippen LogP contribution in [0, 0.1) is 0 Å². The molecule has 3 nitrogen and oxygen atoms in total. The summed E-state index contributed by atoms with van der Waals surface area (Å²) in [5.41, 5.74) is 0.0231. The van der Waals surface area contributed by atoms with Gasteiger partial charge in [-0.2, -0.15) is 0 Å². The molecule has 2 atom stereocenters. The molecule has 1 amide bonds. The summed E-state index contributed by atoms with van der Waals surface area (Å²) >= 11 is 0. The maximum atomic E-state index is 11.5. The van der Waals surface area contributed by atoms with Crippen molar-refractivity contribution in [2.75, 3.05) is 6.54 Å². The molecule has 2 heterocycles. The first-order valence-electron chi connectivity index (χ1n) is 4.98. The summed E-state index contributed by atoms with van der Waals surface area (Å²) in [5.74, 6) is 0. The van der Waals surface area contributed by atoms with E-state index in [1.54, 1.807) is 0 Å². The molecule has 0 unspecified atom stereocenters. The fraction of sp³-hybridized carbons (Fsp3) is 0.700. The fourth-order valence-corrected chi connectivity index (χ4v) is 2.85. The van der Waals surface area contributed by atoms with Gasteiger partial charge in [0.1, 0.15) is 6.10 Å². The van der Waals surface area contributed by atoms with Crippen LogP contribution in [0.15, 0.2) is 12.2 Å². The van der Waals surface area contributed by atoms with E-state index in [1.165, 1.54) is 6.42 Å². The zero-order valence-electron chi connectivity index (χ0n) is 7.53. The summed E-state index contributed by atoms with van der Waals surface area (Å²) < 4.78 is 5.32. The maximum Gasteiger partial charge on any atom is 0.411 e. The number of amides is 1. The highest BCUT2D eigenvalue weighted by Gasteiger charge is 2.55. The fourth-order valence-electron chi connectivity index (χ4n) is 2.85. The van der Waals surface area contributed by atoms with Crippen molar-refractivity contribution < 1.29 is 9.53 Å². The zero-order chi connectivity index (χ0) is 8.89. The summed E-state index contributed by atoms with van der Waals surface area (Å²) in [7, 11) is 0. The van der Waals surface area contributed by atoms with E-state index in [9.17, 15) is 4.79 Å². The van der Waals surface area contributed by atoms with Crippen molar-refractivity contribution in [3.05, 3.63) is 12.2 Å². The van der Waals surface area contributed by atoms with Crippen molar-refractivity contribution >= 4 is 6.09 Å². The van der Waals surface area contributed by atoms with Crippen molar-refractivity contribution in [3.8, 4) is 0 Å². The third-order valence-corrected chi connectivity index (χ3v) is 3.54. The van der Waals surface area contributed by atoms with Crippen LogP contribution in [0.25, 0.3) is 0 Å². The van der Waals surface area contributed by atoms with Gasteiger partial charge in [-0.3, -0.25) is 4.90 Å². The molecule has 3 rings (SSSR count). The molecular formula is C10H13NO2. The van der Waals surface area contributed by atoms with E-state index in [2.05, 4.69) is 6.08 Å². The molecule has 2 saturated heterocycles. The van der Waals surface area contributed by atoms with Gasteiger partial charge in [0, 0.05) is 6.54 Å². The Kier molecular flexibility index (Phi) is 1.30. The van der Waals surface area contributed by atoms with Crippen molar-refractivity contribution in [1.82, 2.24) is 4.90 Å². The first kappa shape index (κ1) is 7.42. The first-order valence-corrected chi connectivity index (χ1v) is 4.98. The van der Waals surface area contributed by atoms with Crippen molar-refractivity contribution in [1.29, 1.82) is 0 Å². The minimum atomic E-state index is -0.103. The highest BCUT2D eigenvalue weighted by atomic mass is 16.6. The predicted molar refractivity (Wildman–Crippen MR) is 47.3 cm³/mol. The third kappa shape index (κ3) is 0.773. The Hall–Kier alpha value is -0.990. The molecule has 2 fully saturated rings. The van der Waals surface area contributed by atoms with Gasteiger partial charge in [0.2, 0.25) is 0 Å². The van der Waals surface area contributed by atoms with Crippen molar-refractivity contribution in [2.45, 2.75) is 37.3 Å². The van der Waals surface area contributed by atoms with Crippen molar-refractivity contribution in [2.24, 2.45) is 0 Å². The van der Waals surface area contributed by atoms with E-state index < -0.39 is 0 Å². The average Bonchev–Trinajstić information content (AvgIpc) is 2.60. The van der Waals surface area contributed by atoms with E-state index in [-0.39, 0.29) is 17.7 Å². The number of piperidine rings is 1. The molecule has 0 aromatic carbocycles. The summed E-state index contributed by atoms with van der Waals surface area (Å²) in [6, 6.07) is 0. The lowest BCUT2D eigenvalue weighted by molar-refractivity contribution is 0.107. The van der Waals surface area contributed by atoms with Gasteiger partial charge in [-0.1, -0.05) is 6.08 Å². The number of hydrogen-bond donors (Lipinski definition) is 0. The highest BCUT2D eigenvalue weighted by Crippen LogP contribution is 2.44. The first-order chi connectivity index (χ1) is 6.33. The Morgan fingerprint density at radius 3 is 3.38 bits per heavy atom. The molecular weight excluding hydrogens is 166 g/mol. The van der Waals surface area contributed by atoms with Gasteiger partial charge in [-0.05, 0) is 31.8 Å². The lowest BCUT2D eigenvalue weighted by atomic mass is 9.84. The summed E-state index contributed by atoms with van der Waals surface area (Å²) in [6.45, 7) is 0.886. The van der Waals surface area contributed by atoms with E-state index in [4.69, 9.17) is 4.74 Å². The second-order valence-electron chi connectivity index (χ2n) is 4.15. The Morgan fingerprint density at radius 2 is 2.46 bits per heavy atom. The Labute approximate surface area is 77.4 Å². The van der Waals surface area contributed by atoms with Crippen LogP contribution in [0.4, 0.5) is 4.79 Å². The number of carbonyl (C=O) groups is 1. The van der Waals surface area contributed by atoms with E-state index in [0.29, 0.717) is 0 Å². The molecule has 0 saturated carbocycles. The monoisotopic (exact) mass is 179 g/mol. The van der Waals surface area contributed by atoms with Gasteiger partial charge in [0.05, 0.1) is 5.54 Å². The molecule has 0 aromatic rings. The van der Waals surface area contributed by atoms with Gasteiger partial charge in [-0.25, -0.2) is 4.79 Å². The normalized spacial score (nSPS) is 41.7. The number of rotatable bonds is 0. The lowest BCUT2D eigenvalue weighted by Crippen LogP contribution is -2.51. The largest absolute Gasteiger partial charge is 0.439 e. The molecule has 0 radical (unpaired) electrons. The summed E-state index contributed by atoms with van der Waals surface area (Å²) in [6.07, 6.45) is 8.59. The van der Waals surface area contributed by atoms with Gasteiger partial charge in [0.25, 0.3) is 0 Å². The zero-order valence-corrected chi connectivity index (χ0v) is 7.53. The number of nitrogens with zero attached hydrogens (tertiary/aromatic N) is 1. The predicted octanol–water partition coefficient (Wildman–Crippen LogP) is 1.69. The number of carbonyl (C=O) groups excluding carboxylic acids is 1. The third-order valence-electron chi connectivity index (χ3n) is 3.54. The molecule has 2 aliphatic heterocycles. The SMILES string of the molecule is O=C1O[C@H]2C=CC[C@]23CCCCN13. The van der Waals surface area contributed by atoms with Crippen LogP contribution >= 0.6 is 0 Å². The van der Waals surface area contributed by atoms with Crippen LogP contribution < -0.4 is 0 Å². The van der Waals surface area contributed by atoms with Crippen LogP contribution in [0.1, 0.15) is 25.7 Å². The Bertz CT molecular complexity index is 287. The second-order valence-corrected chi connectivity index (χ2v) is 4.15. The van der Waals surface area contributed by atoms with E-state index in [1.807, 2.05) is 11.0 Å². The van der Waals surface area contributed by atoms with Crippen LogP contribution in [0.3, 0.4) is 0 Å². The summed E-state index contributed by atoms with van der Waals surface area (Å²) in [5, 5.41) is 0. The lowest BCUT2D eigenvalue weighted by Gasteiger charge is -2.39. The van der Waals surface area contributed by atoms with Crippen LogP contribution in [-0.4, -0.2) is 29.2 Å². The van der Waals surface area contributed by atoms with Gasteiger partial charge < -0.3 is 4.74 Å². The van der Waals surface area contributed by atoms with E-state index in [0.717, 1.165) is 25.8 Å². The molecule has 70 valence electrons. The smallest absolute Gasteiger partial charge is 0.411 e.